The molecule has 1 rings (SSSR count). The molecule has 4 N–H and O–H groups in total. The van der Waals surface area contributed by atoms with Crippen LogP contribution < -0.4 is 5.46 Å². The number of carbonyl (C=O) groups is 2. The average molecular weight is 211 g/mol. The summed E-state index contributed by atoms with van der Waals surface area (Å²) >= 11 is 0. The Morgan fingerprint density at radius 3 is 2.20 bits per heavy atom. The fourth-order valence-corrected chi connectivity index (χ4v) is 0.956. The molecule has 0 unspecified atom stereocenters. The number of hydrogen-bond acceptors (Lipinski definition) is 5. The van der Waals surface area contributed by atoms with Crippen molar-refractivity contribution in [3.63, 3.8) is 0 Å². The van der Waals surface area contributed by atoms with E-state index in [1.165, 1.54) is 0 Å². The highest BCUT2D eigenvalue weighted by molar-refractivity contribution is 6.58. The predicted molar refractivity (Wildman–Crippen MR) is 48.0 cm³/mol. The van der Waals surface area contributed by atoms with Gasteiger partial charge in [0.15, 0.2) is 5.69 Å². The molecule has 0 aliphatic rings. The second-order valence-corrected chi connectivity index (χ2v) is 2.65. The van der Waals surface area contributed by atoms with E-state index in [9.17, 15) is 9.59 Å². The molecule has 78 valence electrons. The van der Waals surface area contributed by atoms with Crippen molar-refractivity contribution in [1.29, 1.82) is 0 Å². The lowest BCUT2D eigenvalue weighted by Gasteiger charge is -2.03. The molecule has 0 bridgehead atoms. The van der Waals surface area contributed by atoms with Gasteiger partial charge >= 0.3 is 19.1 Å². The number of carboxylic acid groups (broad SMARTS) is 2. The minimum atomic E-state index is -1.89. The van der Waals surface area contributed by atoms with Gasteiger partial charge in [0.1, 0.15) is 0 Å². The Labute approximate surface area is 83.8 Å². The Kier molecular flexibility index (Phi) is 3.03. The monoisotopic (exact) mass is 211 g/mol. The SMILES string of the molecule is O=C(O)c1cc(B(O)O)cnc1C(=O)O. The first kappa shape index (κ1) is 11.2. The van der Waals surface area contributed by atoms with Crippen molar-refractivity contribution < 1.29 is 29.9 Å². The molecule has 0 spiro atoms. The summed E-state index contributed by atoms with van der Waals surface area (Å²) in [7, 11) is -1.89. The first-order chi connectivity index (χ1) is 6.93. The van der Waals surface area contributed by atoms with Crippen molar-refractivity contribution >= 4 is 24.5 Å². The van der Waals surface area contributed by atoms with Crippen molar-refractivity contribution in [1.82, 2.24) is 4.98 Å². The van der Waals surface area contributed by atoms with Crippen molar-refractivity contribution in [2.75, 3.05) is 0 Å². The minimum absolute atomic E-state index is 0.183. The molecule has 0 amide bonds. The third kappa shape index (κ3) is 2.30. The lowest BCUT2D eigenvalue weighted by atomic mass is 9.80. The summed E-state index contributed by atoms with van der Waals surface area (Å²) in [5.74, 6) is -2.99. The molecule has 0 atom stereocenters. The van der Waals surface area contributed by atoms with Crippen LogP contribution in [0.2, 0.25) is 0 Å². The van der Waals surface area contributed by atoms with Crippen molar-refractivity contribution in [2.24, 2.45) is 0 Å². The van der Waals surface area contributed by atoms with E-state index in [0.717, 1.165) is 12.3 Å². The lowest BCUT2D eigenvalue weighted by Crippen LogP contribution is -2.32. The van der Waals surface area contributed by atoms with Gasteiger partial charge < -0.3 is 20.3 Å². The van der Waals surface area contributed by atoms with Gasteiger partial charge in [-0.2, -0.15) is 0 Å². The fourth-order valence-electron chi connectivity index (χ4n) is 0.956. The Morgan fingerprint density at radius 2 is 1.80 bits per heavy atom. The van der Waals surface area contributed by atoms with E-state index in [2.05, 4.69) is 4.98 Å². The molecule has 1 aromatic rings. The largest absolute Gasteiger partial charge is 0.490 e. The molecule has 8 heteroatoms. The summed E-state index contributed by atoms with van der Waals surface area (Å²) < 4.78 is 0. The minimum Gasteiger partial charge on any atom is -0.478 e. The van der Waals surface area contributed by atoms with E-state index in [1.54, 1.807) is 0 Å². The molecular formula is C7H6BNO6. The van der Waals surface area contributed by atoms with Gasteiger partial charge in [-0.15, -0.1) is 0 Å². The molecule has 1 heterocycles. The second kappa shape index (κ2) is 4.07. The molecule has 0 aromatic carbocycles. The van der Waals surface area contributed by atoms with E-state index in [1.807, 2.05) is 0 Å². The highest BCUT2D eigenvalue weighted by Gasteiger charge is 2.21. The second-order valence-electron chi connectivity index (χ2n) is 2.65. The summed E-state index contributed by atoms with van der Waals surface area (Å²) in [6, 6.07) is 0.851. The van der Waals surface area contributed by atoms with E-state index < -0.39 is 30.3 Å². The molecule has 7 nitrogen and oxygen atoms in total. The number of aromatic nitrogens is 1. The van der Waals surface area contributed by atoms with Gasteiger partial charge in [0.25, 0.3) is 0 Å². The molecule has 0 saturated carbocycles. The van der Waals surface area contributed by atoms with E-state index in [4.69, 9.17) is 20.3 Å². The van der Waals surface area contributed by atoms with Gasteiger partial charge in [0.2, 0.25) is 0 Å². The lowest BCUT2D eigenvalue weighted by molar-refractivity contribution is 0.0646. The van der Waals surface area contributed by atoms with Crippen LogP contribution in [-0.2, 0) is 0 Å². The molecule has 0 aliphatic carbocycles. The van der Waals surface area contributed by atoms with Gasteiger partial charge in [-0.1, -0.05) is 0 Å². The Bertz CT molecular complexity index is 418. The topological polar surface area (TPSA) is 128 Å². The quantitative estimate of drug-likeness (QED) is 0.432. The zero-order chi connectivity index (χ0) is 11.6. The summed E-state index contributed by atoms with van der Waals surface area (Å²) in [5.41, 5.74) is -1.42. The van der Waals surface area contributed by atoms with Crippen LogP contribution in [-0.4, -0.2) is 44.3 Å². The molecule has 15 heavy (non-hydrogen) atoms. The summed E-state index contributed by atoms with van der Waals surface area (Å²) in [5, 5.41) is 34.7. The molecule has 0 fully saturated rings. The van der Waals surface area contributed by atoms with Crippen LogP contribution in [0.4, 0.5) is 0 Å². The number of aromatic carboxylic acids is 2. The van der Waals surface area contributed by atoms with E-state index in [0.29, 0.717) is 0 Å². The van der Waals surface area contributed by atoms with Crippen molar-refractivity contribution in [3.05, 3.63) is 23.5 Å². The van der Waals surface area contributed by atoms with Crippen LogP contribution >= 0.6 is 0 Å². The molecule has 0 radical (unpaired) electrons. The molecule has 0 aliphatic heterocycles. The number of carboxylic acids is 2. The van der Waals surface area contributed by atoms with Crippen molar-refractivity contribution in [2.45, 2.75) is 0 Å². The van der Waals surface area contributed by atoms with Gasteiger partial charge in [-0.25, -0.2) is 14.6 Å². The maximum absolute atomic E-state index is 10.6. The molecule has 1 aromatic heterocycles. The standard InChI is InChI=1S/C7H6BNO6/c10-6(11)4-1-3(8(14)15)2-9-5(4)7(12)13/h1-2,14-15H,(H,10,11)(H,12,13). The van der Waals surface area contributed by atoms with Gasteiger partial charge in [-0.3, -0.25) is 0 Å². The Morgan fingerprint density at radius 1 is 1.20 bits per heavy atom. The normalized spacial score (nSPS) is 9.73. The van der Waals surface area contributed by atoms with Gasteiger partial charge in [-0.05, 0) is 6.07 Å². The van der Waals surface area contributed by atoms with E-state index in [-0.39, 0.29) is 5.46 Å². The smallest absolute Gasteiger partial charge is 0.478 e. The Hall–Kier alpha value is -1.93. The highest BCUT2D eigenvalue weighted by Crippen LogP contribution is 2.04. The third-order valence-electron chi connectivity index (χ3n) is 1.64. The number of rotatable bonds is 3. The maximum Gasteiger partial charge on any atom is 0.490 e. The van der Waals surface area contributed by atoms with Gasteiger partial charge in [0, 0.05) is 11.7 Å². The Balaban J connectivity index is 3.33. The first-order valence-corrected chi connectivity index (χ1v) is 3.76. The van der Waals surface area contributed by atoms with Crippen LogP contribution in [0, 0.1) is 0 Å². The van der Waals surface area contributed by atoms with Crippen LogP contribution in [0.15, 0.2) is 12.3 Å². The fraction of sp³-hybridized carbons (Fsp3) is 0. The van der Waals surface area contributed by atoms with Crippen LogP contribution in [0.25, 0.3) is 0 Å². The summed E-state index contributed by atoms with van der Waals surface area (Å²) in [4.78, 5) is 24.5. The van der Waals surface area contributed by atoms with Crippen LogP contribution in [0.1, 0.15) is 20.8 Å². The van der Waals surface area contributed by atoms with Crippen LogP contribution in [0.5, 0.6) is 0 Å². The van der Waals surface area contributed by atoms with Crippen molar-refractivity contribution in [3.8, 4) is 0 Å². The molecular weight excluding hydrogens is 205 g/mol. The summed E-state index contributed by atoms with van der Waals surface area (Å²) in [6.45, 7) is 0. The van der Waals surface area contributed by atoms with Crippen LogP contribution in [0.3, 0.4) is 0 Å². The number of hydrogen-bond donors (Lipinski definition) is 4. The predicted octanol–water partition coefficient (Wildman–Crippen LogP) is -1.84. The zero-order valence-corrected chi connectivity index (χ0v) is 7.28. The number of nitrogens with zero attached hydrogens (tertiary/aromatic N) is 1. The summed E-state index contributed by atoms with van der Waals surface area (Å²) in [6.07, 6.45) is 0.889. The zero-order valence-electron chi connectivity index (χ0n) is 7.28. The molecule has 0 saturated heterocycles. The first-order valence-electron chi connectivity index (χ1n) is 3.76. The third-order valence-corrected chi connectivity index (χ3v) is 1.64. The maximum atomic E-state index is 10.6. The van der Waals surface area contributed by atoms with Gasteiger partial charge in [0.05, 0.1) is 5.56 Å². The van der Waals surface area contributed by atoms with E-state index >= 15 is 0 Å². The number of pyridine rings is 1. The average Bonchev–Trinajstić information content (AvgIpc) is 2.16. The highest BCUT2D eigenvalue weighted by atomic mass is 16.4.